The number of anilines is 1. The number of hydrogen-bond donors (Lipinski definition) is 2. The first kappa shape index (κ1) is 15.8. The lowest BCUT2D eigenvalue weighted by Crippen LogP contribution is -2.26. The van der Waals surface area contributed by atoms with Crippen LogP contribution in [-0.2, 0) is 4.79 Å². The van der Waals surface area contributed by atoms with Gasteiger partial charge < -0.3 is 10.6 Å². The Labute approximate surface area is 120 Å². The maximum atomic E-state index is 11.5. The van der Waals surface area contributed by atoms with E-state index in [-0.39, 0.29) is 5.91 Å². The lowest BCUT2D eigenvalue weighted by Gasteiger charge is -2.12. The van der Waals surface area contributed by atoms with Crippen LogP contribution in [0.25, 0.3) is 0 Å². The minimum atomic E-state index is 0.0850. The highest BCUT2D eigenvalue weighted by Crippen LogP contribution is 2.27. The third-order valence-corrected chi connectivity index (χ3v) is 3.24. The van der Waals surface area contributed by atoms with Gasteiger partial charge >= 0.3 is 0 Å². The van der Waals surface area contributed by atoms with Crippen molar-refractivity contribution in [2.75, 3.05) is 18.4 Å². The summed E-state index contributed by atoms with van der Waals surface area (Å²) in [6.07, 6.45) is 2.59. The van der Waals surface area contributed by atoms with E-state index in [0.717, 1.165) is 36.2 Å². The lowest BCUT2D eigenvalue weighted by molar-refractivity contribution is -0.120. The molecule has 19 heavy (non-hydrogen) atoms. The van der Waals surface area contributed by atoms with Gasteiger partial charge in [-0.15, -0.1) is 0 Å². The molecule has 1 rings (SSSR count). The van der Waals surface area contributed by atoms with E-state index in [1.807, 2.05) is 19.9 Å². The molecule has 106 valence electrons. The molecule has 0 saturated carbocycles. The van der Waals surface area contributed by atoms with Crippen molar-refractivity contribution in [1.82, 2.24) is 5.32 Å². The standard InChI is InChI=1S/C15H23ClN2O/c1-4-5-7-17-14(19)6-8-18-15-12(3)9-11(2)10-13(15)16/h9-10,18H,4-8H2,1-3H3,(H,17,19). The van der Waals surface area contributed by atoms with E-state index in [4.69, 9.17) is 11.6 Å². The number of aryl methyl sites for hydroxylation is 2. The fourth-order valence-electron chi connectivity index (χ4n) is 1.93. The van der Waals surface area contributed by atoms with Gasteiger partial charge in [-0.05, 0) is 37.5 Å². The monoisotopic (exact) mass is 282 g/mol. The third-order valence-electron chi connectivity index (χ3n) is 2.94. The molecule has 0 aliphatic carbocycles. The number of hydrogen-bond acceptors (Lipinski definition) is 2. The summed E-state index contributed by atoms with van der Waals surface area (Å²) in [5, 5.41) is 6.85. The lowest BCUT2D eigenvalue weighted by atomic mass is 10.1. The third kappa shape index (κ3) is 5.52. The summed E-state index contributed by atoms with van der Waals surface area (Å²) in [6.45, 7) is 7.50. The van der Waals surface area contributed by atoms with E-state index in [0.29, 0.717) is 18.0 Å². The van der Waals surface area contributed by atoms with Crippen LogP contribution in [0.4, 0.5) is 5.69 Å². The van der Waals surface area contributed by atoms with Crippen molar-refractivity contribution in [1.29, 1.82) is 0 Å². The largest absolute Gasteiger partial charge is 0.383 e. The minimum Gasteiger partial charge on any atom is -0.383 e. The maximum Gasteiger partial charge on any atom is 0.221 e. The molecule has 0 unspecified atom stereocenters. The van der Waals surface area contributed by atoms with Gasteiger partial charge in [0, 0.05) is 19.5 Å². The van der Waals surface area contributed by atoms with Crippen molar-refractivity contribution in [2.24, 2.45) is 0 Å². The van der Waals surface area contributed by atoms with Gasteiger partial charge in [0.1, 0.15) is 0 Å². The molecule has 1 aromatic rings. The Morgan fingerprint density at radius 2 is 2.00 bits per heavy atom. The molecular formula is C15H23ClN2O. The van der Waals surface area contributed by atoms with Crippen LogP contribution in [0.1, 0.15) is 37.3 Å². The molecule has 0 aliphatic rings. The van der Waals surface area contributed by atoms with Gasteiger partial charge in [0.05, 0.1) is 10.7 Å². The molecule has 0 radical (unpaired) electrons. The van der Waals surface area contributed by atoms with Crippen LogP contribution in [0.2, 0.25) is 5.02 Å². The van der Waals surface area contributed by atoms with Crippen molar-refractivity contribution >= 4 is 23.2 Å². The molecule has 0 saturated heterocycles. The van der Waals surface area contributed by atoms with E-state index < -0.39 is 0 Å². The van der Waals surface area contributed by atoms with Crippen LogP contribution in [0.3, 0.4) is 0 Å². The highest BCUT2D eigenvalue weighted by Gasteiger charge is 2.06. The number of nitrogens with one attached hydrogen (secondary N) is 2. The first-order valence-electron chi connectivity index (χ1n) is 6.82. The van der Waals surface area contributed by atoms with Gasteiger partial charge in [-0.1, -0.05) is 31.0 Å². The molecule has 0 atom stereocenters. The minimum absolute atomic E-state index is 0.0850. The smallest absolute Gasteiger partial charge is 0.221 e. The van der Waals surface area contributed by atoms with Crippen molar-refractivity contribution < 1.29 is 4.79 Å². The number of carbonyl (C=O) groups is 1. The van der Waals surface area contributed by atoms with Gasteiger partial charge in [-0.3, -0.25) is 4.79 Å². The number of unbranched alkanes of at least 4 members (excludes halogenated alkanes) is 1. The van der Waals surface area contributed by atoms with Gasteiger partial charge in [0.15, 0.2) is 0 Å². The first-order chi connectivity index (χ1) is 9.04. The number of carbonyl (C=O) groups excluding carboxylic acids is 1. The summed E-state index contributed by atoms with van der Waals surface area (Å²) in [6, 6.07) is 4.01. The molecule has 0 aliphatic heterocycles. The summed E-state index contributed by atoms with van der Waals surface area (Å²) in [5.41, 5.74) is 3.18. The molecule has 2 N–H and O–H groups in total. The summed E-state index contributed by atoms with van der Waals surface area (Å²) < 4.78 is 0. The fourth-order valence-corrected chi connectivity index (χ4v) is 2.32. The van der Waals surface area contributed by atoms with E-state index in [9.17, 15) is 4.79 Å². The summed E-state index contributed by atoms with van der Waals surface area (Å²) in [7, 11) is 0. The summed E-state index contributed by atoms with van der Waals surface area (Å²) in [4.78, 5) is 11.5. The Morgan fingerprint density at radius 3 is 2.63 bits per heavy atom. The van der Waals surface area contributed by atoms with Crippen molar-refractivity contribution in [3.05, 3.63) is 28.3 Å². The number of rotatable bonds is 7. The Kier molecular flexibility index (Phi) is 6.71. The van der Waals surface area contributed by atoms with Crippen LogP contribution in [-0.4, -0.2) is 19.0 Å². The highest BCUT2D eigenvalue weighted by atomic mass is 35.5. The van der Waals surface area contributed by atoms with Crippen LogP contribution >= 0.6 is 11.6 Å². The van der Waals surface area contributed by atoms with Gasteiger partial charge in [-0.2, -0.15) is 0 Å². The zero-order valence-electron chi connectivity index (χ0n) is 12.0. The van der Waals surface area contributed by atoms with E-state index >= 15 is 0 Å². The summed E-state index contributed by atoms with van der Waals surface area (Å²) >= 11 is 6.19. The summed E-state index contributed by atoms with van der Waals surface area (Å²) in [5.74, 6) is 0.0850. The van der Waals surface area contributed by atoms with Crippen LogP contribution < -0.4 is 10.6 Å². The van der Waals surface area contributed by atoms with Crippen LogP contribution in [0.15, 0.2) is 12.1 Å². The van der Waals surface area contributed by atoms with Gasteiger partial charge in [0.25, 0.3) is 0 Å². The van der Waals surface area contributed by atoms with E-state index in [2.05, 4.69) is 23.6 Å². The van der Waals surface area contributed by atoms with E-state index in [1.165, 1.54) is 0 Å². The fraction of sp³-hybridized carbons (Fsp3) is 0.533. The van der Waals surface area contributed by atoms with Gasteiger partial charge in [-0.25, -0.2) is 0 Å². The second-order valence-corrected chi connectivity index (χ2v) is 5.23. The quantitative estimate of drug-likeness (QED) is 0.749. The molecule has 3 nitrogen and oxygen atoms in total. The SMILES string of the molecule is CCCCNC(=O)CCNc1c(C)cc(C)cc1Cl. The second-order valence-electron chi connectivity index (χ2n) is 4.82. The Bertz CT molecular complexity index is 409. The Morgan fingerprint density at radius 1 is 1.26 bits per heavy atom. The first-order valence-corrected chi connectivity index (χ1v) is 7.19. The van der Waals surface area contributed by atoms with Crippen LogP contribution in [0, 0.1) is 13.8 Å². The average Bonchev–Trinajstić information content (AvgIpc) is 2.32. The molecule has 0 aromatic heterocycles. The zero-order chi connectivity index (χ0) is 14.3. The van der Waals surface area contributed by atoms with E-state index in [1.54, 1.807) is 0 Å². The van der Waals surface area contributed by atoms with Crippen LogP contribution in [0.5, 0.6) is 0 Å². The Hall–Kier alpha value is -1.22. The topological polar surface area (TPSA) is 41.1 Å². The van der Waals surface area contributed by atoms with Crippen molar-refractivity contribution in [3.8, 4) is 0 Å². The number of benzene rings is 1. The highest BCUT2D eigenvalue weighted by molar-refractivity contribution is 6.33. The Balaban J connectivity index is 2.39. The maximum absolute atomic E-state index is 11.5. The number of amides is 1. The predicted molar refractivity (Wildman–Crippen MR) is 82.0 cm³/mol. The molecule has 0 fully saturated rings. The molecular weight excluding hydrogens is 260 g/mol. The predicted octanol–water partition coefficient (Wildman–Crippen LogP) is 3.68. The zero-order valence-corrected chi connectivity index (χ0v) is 12.7. The molecule has 0 bridgehead atoms. The van der Waals surface area contributed by atoms with Crippen molar-refractivity contribution in [3.63, 3.8) is 0 Å². The molecule has 4 heteroatoms. The number of halogens is 1. The normalized spacial score (nSPS) is 10.3. The van der Waals surface area contributed by atoms with Crippen molar-refractivity contribution in [2.45, 2.75) is 40.0 Å². The molecule has 0 spiro atoms. The average molecular weight is 283 g/mol. The molecule has 0 heterocycles. The molecule has 1 amide bonds. The molecule has 1 aromatic carbocycles. The second kappa shape index (κ2) is 8.05. The van der Waals surface area contributed by atoms with Gasteiger partial charge in [0.2, 0.25) is 5.91 Å².